The number of imidazole rings is 1. The second-order valence-corrected chi connectivity index (χ2v) is 4.19. The Morgan fingerprint density at radius 2 is 2.21 bits per heavy atom. The first-order valence-electron chi connectivity index (χ1n) is 5.72. The summed E-state index contributed by atoms with van der Waals surface area (Å²) in [5, 5.41) is 2.24. The molecule has 96 valence electrons. The summed E-state index contributed by atoms with van der Waals surface area (Å²) in [5.74, 6) is -0.299. The molecule has 0 bridgehead atoms. The average molecular weight is 258 g/mol. The van der Waals surface area contributed by atoms with Crippen LogP contribution in [-0.2, 0) is 4.79 Å². The third-order valence-electron chi connectivity index (χ3n) is 2.97. The van der Waals surface area contributed by atoms with Crippen LogP contribution in [0.4, 0.5) is 10.5 Å². The minimum Gasteiger partial charge on any atom is -0.305 e. The number of hydrogen-bond acceptors (Lipinski definition) is 4. The summed E-state index contributed by atoms with van der Waals surface area (Å²) in [6.07, 6.45) is 5.84. The van der Waals surface area contributed by atoms with Crippen LogP contribution in [0.2, 0.25) is 0 Å². The van der Waals surface area contributed by atoms with Crippen molar-refractivity contribution in [3.8, 4) is 0 Å². The molecule has 7 heteroatoms. The van der Waals surface area contributed by atoms with E-state index in [0.717, 1.165) is 0 Å². The highest BCUT2D eigenvalue weighted by molar-refractivity contribution is 6.07. The van der Waals surface area contributed by atoms with Crippen molar-refractivity contribution in [2.24, 2.45) is 0 Å². The van der Waals surface area contributed by atoms with E-state index in [1.165, 1.54) is 4.90 Å². The lowest BCUT2D eigenvalue weighted by molar-refractivity contribution is -0.120. The Morgan fingerprint density at radius 1 is 1.37 bits per heavy atom. The number of aldehydes is 1. The summed E-state index contributed by atoms with van der Waals surface area (Å²) in [6, 6.07) is 1.09. The number of imide groups is 1. The minimum absolute atomic E-state index is 0.226. The highest BCUT2D eigenvalue weighted by Gasteiger charge is 2.26. The molecule has 0 radical (unpaired) electrons. The molecule has 0 atom stereocenters. The van der Waals surface area contributed by atoms with Crippen molar-refractivity contribution in [3.05, 3.63) is 30.2 Å². The van der Waals surface area contributed by atoms with Crippen LogP contribution in [0.1, 0.15) is 16.8 Å². The Bertz CT molecular complexity index is 691. The van der Waals surface area contributed by atoms with E-state index < -0.39 is 6.03 Å². The number of nitrogens with zero attached hydrogens (tertiary/aromatic N) is 3. The molecule has 3 rings (SSSR count). The van der Waals surface area contributed by atoms with Crippen LogP contribution in [0.3, 0.4) is 0 Å². The van der Waals surface area contributed by atoms with Crippen molar-refractivity contribution < 1.29 is 14.4 Å². The molecule has 2 aromatic rings. The molecule has 1 saturated heterocycles. The number of anilines is 1. The Labute approximate surface area is 107 Å². The smallest absolute Gasteiger partial charge is 0.305 e. The Morgan fingerprint density at radius 3 is 2.95 bits per heavy atom. The predicted octanol–water partition coefficient (Wildman–Crippen LogP) is 0.593. The zero-order chi connectivity index (χ0) is 13.4. The number of hydrogen-bond donors (Lipinski definition) is 1. The van der Waals surface area contributed by atoms with Crippen LogP contribution in [-0.4, -0.2) is 34.2 Å². The fraction of sp³-hybridized carbons (Fsp3) is 0.167. The maximum atomic E-state index is 11.8. The van der Waals surface area contributed by atoms with Crippen LogP contribution in [0.25, 0.3) is 5.65 Å². The van der Waals surface area contributed by atoms with Crippen molar-refractivity contribution in [1.82, 2.24) is 14.7 Å². The van der Waals surface area contributed by atoms with E-state index in [-0.39, 0.29) is 18.9 Å². The van der Waals surface area contributed by atoms with Crippen molar-refractivity contribution in [2.45, 2.75) is 6.42 Å². The maximum Gasteiger partial charge on any atom is 0.328 e. The van der Waals surface area contributed by atoms with Crippen LogP contribution in [0.15, 0.2) is 24.7 Å². The van der Waals surface area contributed by atoms with Gasteiger partial charge in [-0.15, -0.1) is 0 Å². The first-order valence-corrected chi connectivity index (χ1v) is 5.72. The Balaban J connectivity index is 2.13. The molecular formula is C12H10N4O3. The lowest BCUT2D eigenvalue weighted by Gasteiger charge is -2.26. The molecule has 3 heterocycles. The second kappa shape index (κ2) is 4.20. The number of fused-ring (bicyclic) bond motifs is 1. The zero-order valence-corrected chi connectivity index (χ0v) is 9.87. The van der Waals surface area contributed by atoms with Gasteiger partial charge in [-0.25, -0.2) is 9.78 Å². The van der Waals surface area contributed by atoms with E-state index in [0.29, 0.717) is 23.2 Å². The minimum atomic E-state index is -0.496. The number of urea groups is 1. The lowest BCUT2D eigenvalue weighted by Crippen LogP contribution is -2.49. The van der Waals surface area contributed by atoms with Crippen LogP contribution < -0.4 is 10.2 Å². The van der Waals surface area contributed by atoms with Crippen LogP contribution in [0.5, 0.6) is 0 Å². The van der Waals surface area contributed by atoms with Gasteiger partial charge in [0.05, 0.1) is 5.69 Å². The first-order chi connectivity index (χ1) is 9.19. The molecule has 7 nitrogen and oxygen atoms in total. The number of rotatable bonds is 2. The third kappa shape index (κ3) is 1.85. The van der Waals surface area contributed by atoms with E-state index >= 15 is 0 Å². The summed E-state index contributed by atoms with van der Waals surface area (Å²) in [4.78, 5) is 39.5. The summed E-state index contributed by atoms with van der Waals surface area (Å²) >= 11 is 0. The summed E-state index contributed by atoms with van der Waals surface area (Å²) in [7, 11) is 0. The summed E-state index contributed by atoms with van der Waals surface area (Å²) < 4.78 is 1.67. The number of carbonyl (C=O) groups excluding carboxylic acids is 3. The molecule has 0 unspecified atom stereocenters. The number of nitrogens with one attached hydrogen (secondary N) is 1. The third-order valence-corrected chi connectivity index (χ3v) is 2.97. The summed E-state index contributed by atoms with van der Waals surface area (Å²) in [6.45, 7) is 0.273. The van der Waals surface area contributed by atoms with Gasteiger partial charge in [-0.05, 0) is 6.07 Å². The van der Waals surface area contributed by atoms with Gasteiger partial charge >= 0.3 is 6.03 Å². The van der Waals surface area contributed by atoms with Crippen molar-refractivity contribution in [2.75, 3.05) is 11.4 Å². The molecule has 2 aromatic heterocycles. The molecular weight excluding hydrogens is 248 g/mol. The molecule has 3 amide bonds. The van der Waals surface area contributed by atoms with Gasteiger partial charge in [0.1, 0.15) is 0 Å². The molecule has 1 N–H and O–H groups in total. The fourth-order valence-electron chi connectivity index (χ4n) is 2.09. The van der Waals surface area contributed by atoms with Gasteiger partial charge in [0, 0.05) is 37.1 Å². The average Bonchev–Trinajstić information content (AvgIpc) is 2.86. The first kappa shape index (κ1) is 11.4. The van der Waals surface area contributed by atoms with E-state index in [1.54, 1.807) is 29.1 Å². The quantitative estimate of drug-likeness (QED) is 0.799. The van der Waals surface area contributed by atoms with Crippen molar-refractivity contribution in [3.63, 3.8) is 0 Å². The second-order valence-electron chi connectivity index (χ2n) is 4.19. The van der Waals surface area contributed by atoms with E-state index in [2.05, 4.69) is 10.3 Å². The molecule has 0 aliphatic carbocycles. The van der Waals surface area contributed by atoms with Gasteiger partial charge in [-0.1, -0.05) is 0 Å². The molecule has 0 aromatic carbocycles. The highest BCUT2D eigenvalue weighted by Crippen LogP contribution is 2.23. The van der Waals surface area contributed by atoms with Crippen LogP contribution >= 0.6 is 0 Å². The van der Waals surface area contributed by atoms with Gasteiger partial charge in [-0.3, -0.25) is 19.8 Å². The topological polar surface area (TPSA) is 83.8 Å². The molecule has 1 fully saturated rings. The Hall–Kier alpha value is -2.70. The molecule has 1 aliphatic rings. The number of amides is 3. The molecule has 19 heavy (non-hydrogen) atoms. The van der Waals surface area contributed by atoms with Crippen LogP contribution in [0, 0.1) is 0 Å². The molecule has 1 aliphatic heterocycles. The van der Waals surface area contributed by atoms with Crippen molar-refractivity contribution in [1.29, 1.82) is 0 Å². The van der Waals surface area contributed by atoms with E-state index in [9.17, 15) is 14.4 Å². The fourth-order valence-corrected chi connectivity index (χ4v) is 2.09. The van der Waals surface area contributed by atoms with Gasteiger partial charge < -0.3 is 4.40 Å². The molecule has 0 spiro atoms. The number of pyridine rings is 1. The SMILES string of the molecule is O=Cc1cc(N2CCC(=O)NC2=O)c2nccn2c1. The largest absolute Gasteiger partial charge is 0.328 e. The maximum absolute atomic E-state index is 11.8. The monoisotopic (exact) mass is 258 g/mol. The zero-order valence-electron chi connectivity index (χ0n) is 9.87. The van der Waals surface area contributed by atoms with Gasteiger partial charge in [0.15, 0.2) is 11.9 Å². The van der Waals surface area contributed by atoms with Gasteiger partial charge in [-0.2, -0.15) is 0 Å². The standard InChI is InChI=1S/C12H10N4O3/c17-7-8-5-9(11-13-2-4-15(11)6-8)16-3-1-10(18)14-12(16)19/h2,4-7H,1,3H2,(H,14,18,19). The number of aromatic nitrogens is 2. The van der Waals surface area contributed by atoms with Crippen molar-refractivity contribution >= 4 is 29.6 Å². The lowest BCUT2D eigenvalue weighted by atomic mass is 10.2. The van der Waals surface area contributed by atoms with E-state index in [4.69, 9.17) is 0 Å². The Kier molecular flexibility index (Phi) is 2.52. The van der Waals surface area contributed by atoms with Gasteiger partial charge in [0.2, 0.25) is 5.91 Å². The van der Waals surface area contributed by atoms with E-state index in [1.807, 2.05) is 0 Å². The summed E-state index contributed by atoms with van der Waals surface area (Å²) in [5.41, 5.74) is 1.51. The predicted molar refractivity (Wildman–Crippen MR) is 66.1 cm³/mol. The highest BCUT2D eigenvalue weighted by atomic mass is 16.2. The van der Waals surface area contributed by atoms with Gasteiger partial charge in [0.25, 0.3) is 0 Å². The normalized spacial score (nSPS) is 15.7. The molecule has 0 saturated carbocycles. The number of carbonyl (C=O) groups is 3.